The third-order valence-corrected chi connectivity index (χ3v) is 3.72. The van der Waals surface area contributed by atoms with Gasteiger partial charge in [-0.2, -0.15) is 0 Å². The SMILES string of the molecule is O=C(O)C1CC=CCC1C(=O)Nc1nc2ccccc2[nH]1. The van der Waals surface area contributed by atoms with Crippen molar-refractivity contribution in [3.05, 3.63) is 36.4 Å². The monoisotopic (exact) mass is 285 g/mol. The number of allylic oxidation sites excluding steroid dienone is 2. The number of hydrogen-bond acceptors (Lipinski definition) is 3. The van der Waals surface area contributed by atoms with Crippen LogP contribution in [0.3, 0.4) is 0 Å². The number of carboxylic acids is 1. The van der Waals surface area contributed by atoms with Gasteiger partial charge in [-0.15, -0.1) is 0 Å². The van der Waals surface area contributed by atoms with Crippen molar-refractivity contribution in [2.24, 2.45) is 11.8 Å². The molecule has 1 aliphatic carbocycles. The lowest BCUT2D eigenvalue weighted by atomic mass is 9.82. The maximum Gasteiger partial charge on any atom is 0.307 e. The van der Waals surface area contributed by atoms with Crippen LogP contribution in [0.1, 0.15) is 12.8 Å². The minimum Gasteiger partial charge on any atom is -0.481 e. The summed E-state index contributed by atoms with van der Waals surface area (Å²) >= 11 is 0. The molecule has 0 fully saturated rings. The molecule has 6 nitrogen and oxygen atoms in total. The number of aliphatic carboxylic acids is 1. The van der Waals surface area contributed by atoms with E-state index in [1.807, 2.05) is 36.4 Å². The van der Waals surface area contributed by atoms with Gasteiger partial charge in [0.2, 0.25) is 11.9 Å². The van der Waals surface area contributed by atoms with E-state index in [1.54, 1.807) is 0 Å². The molecule has 0 spiro atoms. The summed E-state index contributed by atoms with van der Waals surface area (Å²) in [5.41, 5.74) is 1.58. The van der Waals surface area contributed by atoms with Gasteiger partial charge < -0.3 is 10.1 Å². The van der Waals surface area contributed by atoms with Crippen LogP contribution in [0.5, 0.6) is 0 Å². The molecule has 1 amide bonds. The summed E-state index contributed by atoms with van der Waals surface area (Å²) in [6.45, 7) is 0. The van der Waals surface area contributed by atoms with Gasteiger partial charge in [-0.3, -0.25) is 14.9 Å². The van der Waals surface area contributed by atoms with Crippen molar-refractivity contribution in [1.29, 1.82) is 0 Å². The van der Waals surface area contributed by atoms with Crippen LogP contribution in [0, 0.1) is 11.8 Å². The number of nitrogens with one attached hydrogen (secondary N) is 2. The zero-order valence-corrected chi connectivity index (χ0v) is 11.2. The Kier molecular flexibility index (Phi) is 3.43. The first-order valence-corrected chi connectivity index (χ1v) is 6.78. The van der Waals surface area contributed by atoms with E-state index in [0.717, 1.165) is 11.0 Å². The number of H-pyrrole nitrogens is 1. The van der Waals surface area contributed by atoms with E-state index in [9.17, 15) is 14.7 Å². The van der Waals surface area contributed by atoms with Crippen LogP contribution in [-0.4, -0.2) is 27.0 Å². The molecule has 0 bridgehead atoms. The Morgan fingerprint density at radius 1 is 1.19 bits per heavy atom. The number of carbonyl (C=O) groups excluding carboxylic acids is 1. The Labute approximate surface area is 120 Å². The van der Waals surface area contributed by atoms with Crippen LogP contribution in [0.2, 0.25) is 0 Å². The van der Waals surface area contributed by atoms with Crippen molar-refractivity contribution in [3.8, 4) is 0 Å². The number of aromatic amines is 1. The summed E-state index contributed by atoms with van der Waals surface area (Å²) in [4.78, 5) is 30.8. The molecule has 3 rings (SSSR count). The van der Waals surface area contributed by atoms with Crippen molar-refractivity contribution in [2.45, 2.75) is 12.8 Å². The number of anilines is 1. The summed E-state index contributed by atoms with van der Waals surface area (Å²) < 4.78 is 0. The lowest BCUT2D eigenvalue weighted by Gasteiger charge is -2.23. The number of benzene rings is 1. The molecule has 1 aromatic heterocycles. The standard InChI is InChI=1S/C15H15N3O3/c19-13(9-5-1-2-6-10(9)14(20)21)18-15-16-11-7-3-4-8-12(11)17-15/h1-4,7-10H,5-6H2,(H,20,21)(H2,16,17,18,19). The fourth-order valence-electron chi connectivity index (χ4n) is 2.60. The van der Waals surface area contributed by atoms with Crippen molar-refractivity contribution < 1.29 is 14.7 Å². The third-order valence-electron chi connectivity index (χ3n) is 3.72. The maximum absolute atomic E-state index is 12.3. The number of carbonyl (C=O) groups is 2. The van der Waals surface area contributed by atoms with E-state index in [2.05, 4.69) is 15.3 Å². The number of aromatic nitrogens is 2. The quantitative estimate of drug-likeness (QED) is 0.753. The minimum absolute atomic E-state index is 0.314. The molecule has 2 unspecified atom stereocenters. The number of rotatable bonds is 3. The van der Waals surface area contributed by atoms with E-state index in [-0.39, 0.29) is 5.91 Å². The van der Waals surface area contributed by atoms with E-state index in [1.165, 1.54) is 0 Å². The van der Waals surface area contributed by atoms with Crippen LogP contribution >= 0.6 is 0 Å². The van der Waals surface area contributed by atoms with Gasteiger partial charge in [0.25, 0.3) is 0 Å². The highest BCUT2D eigenvalue weighted by Gasteiger charge is 2.34. The van der Waals surface area contributed by atoms with Gasteiger partial charge in [-0.25, -0.2) is 4.98 Å². The Morgan fingerprint density at radius 3 is 2.62 bits per heavy atom. The minimum atomic E-state index is -0.941. The average Bonchev–Trinajstić information content (AvgIpc) is 2.89. The summed E-state index contributed by atoms with van der Waals surface area (Å²) in [7, 11) is 0. The first-order valence-electron chi connectivity index (χ1n) is 6.78. The number of fused-ring (bicyclic) bond motifs is 1. The van der Waals surface area contributed by atoms with E-state index >= 15 is 0 Å². The van der Waals surface area contributed by atoms with Gasteiger partial charge in [0, 0.05) is 0 Å². The van der Waals surface area contributed by atoms with Gasteiger partial charge in [0.1, 0.15) is 0 Å². The predicted molar refractivity (Wildman–Crippen MR) is 77.7 cm³/mol. The van der Waals surface area contributed by atoms with Crippen LogP contribution in [0.25, 0.3) is 11.0 Å². The van der Waals surface area contributed by atoms with Crippen LogP contribution in [-0.2, 0) is 9.59 Å². The fraction of sp³-hybridized carbons (Fsp3) is 0.267. The van der Waals surface area contributed by atoms with E-state index in [0.29, 0.717) is 18.8 Å². The van der Waals surface area contributed by atoms with Crippen LogP contribution < -0.4 is 5.32 Å². The normalized spacial score (nSPS) is 21.3. The van der Waals surface area contributed by atoms with Gasteiger partial charge in [-0.1, -0.05) is 24.3 Å². The Hall–Kier alpha value is -2.63. The summed E-state index contributed by atoms with van der Waals surface area (Å²) in [6, 6.07) is 7.44. The maximum atomic E-state index is 12.3. The smallest absolute Gasteiger partial charge is 0.307 e. The van der Waals surface area contributed by atoms with Gasteiger partial charge >= 0.3 is 5.97 Å². The number of imidazole rings is 1. The molecule has 1 aromatic carbocycles. The largest absolute Gasteiger partial charge is 0.481 e. The zero-order valence-electron chi connectivity index (χ0n) is 11.2. The van der Waals surface area contributed by atoms with E-state index < -0.39 is 17.8 Å². The highest BCUT2D eigenvalue weighted by atomic mass is 16.4. The molecule has 2 aromatic rings. The zero-order chi connectivity index (χ0) is 14.8. The number of amides is 1. The molecule has 6 heteroatoms. The highest BCUT2D eigenvalue weighted by molar-refractivity contribution is 5.95. The molecule has 0 aliphatic heterocycles. The van der Waals surface area contributed by atoms with E-state index in [4.69, 9.17) is 0 Å². The molecule has 1 aliphatic rings. The van der Waals surface area contributed by atoms with Crippen LogP contribution in [0.15, 0.2) is 36.4 Å². The van der Waals surface area contributed by atoms with Gasteiger partial charge in [0.15, 0.2) is 0 Å². The Balaban J connectivity index is 1.78. The van der Waals surface area contributed by atoms with Crippen molar-refractivity contribution in [2.75, 3.05) is 5.32 Å². The van der Waals surface area contributed by atoms with Gasteiger partial charge in [0.05, 0.1) is 22.9 Å². The van der Waals surface area contributed by atoms with Crippen molar-refractivity contribution in [1.82, 2.24) is 9.97 Å². The molecule has 2 atom stereocenters. The first kappa shape index (κ1) is 13.4. The summed E-state index contributed by atoms with van der Waals surface area (Å²) in [5.74, 6) is -2.16. The number of hydrogen-bond donors (Lipinski definition) is 3. The second kappa shape index (κ2) is 5.40. The Bertz CT molecular complexity index is 687. The van der Waals surface area contributed by atoms with Crippen molar-refractivity contribution in [3.63, 3.8) is 0 Å². The predicted octanol–water partition coefficient (Wildman–Crippen LogP) is 2.17. The van der Waals surface area contributed by atoms with Crippen LogP contribution in [0.4, 0.5) is 5.95 Å². The molecule has 3 N–H and O–H groups in total. The number of carboxylic acid groups (broad SMARTS) is 1. The molecule has 108 valence electrons. The van der Waals surface area contributed by atoms with Gasteiger partial charge in [-0.05, 0) is 25.0 Å². The lowest BCUT2D eigenvalue weighted by Crippen LogP contribution is -2.34. The highest BCUT2D eigenvalue weighted by Crippen LogP contribution is 2.27. The first-order chi connectivity index (χ1) is 10.1. The molecule has 1 heterocycles. The second-order valence-corrected chi connectivity index (χ2v) is 5.09. The fourth-order valence-corrected chi connectivity index (χ4v) is 2.60. The number of para-hydroxylation sites is 2. The number of nitrogens with zero attached hydrogens (tertiary/aromatic N) is 1. The third kappa shape index (κ3) is 2.65. The second-order valence-electron chi connectivity index (χ2n) is 5.09. The lowest BCUT2D eigenvalue weighted by molar-refractivity contribution is -0.146. The summed E-state index contributed by atoms with van der Waals surface area (Å²) in [6.07, 6.45) is 4.47. The molecule has 0 saturated heterocycles. The summed E-state index contributed by atoms with van der Waals surface area (Å²) in [5, 5.41) is 11.9. The molecule has 21 heavy (non-hydrogen) atoms. The molecular weight excluding hydrogens is 270 g/mol. The molecule has 0 saturated carbocycles. The average molecular weight is 285 g/mol. The topological polar surface area (TPSA) is 95.1 Å². The Morgan fingerprint density at radius 2 is 1.90 bits per heavy atom. The molecule has 0 radical (unpaired) electrons. The molecular formula is C15H15N3O3. The van der Waals surface area contributed by atoms with Crippen molar-refractivity contribution >= 4 is 28.9 Å².